The summed E-state index contributed by atoms with van der Waals surface area (Å²) in [6.45, 7) is 7.70. The van der Waals surface area contributed by atoms with Crippen molar-refractivity contribution in [3.8, 4) is 0 Å². The van der Waals surface area contributed by atoms with Gasteiger partial charge in [0.1, 0.15) is 0 Å². The van der Waals surface area contributed by atoms with E-state index >= 15 is 0 Å². The number of imidazole rings is 1. The topological polar surface area (TPSA) is 72.3 Å². The van der Waals surface area contributed by atoms with Crippen molar-refractivity contribution in [1.82, 2.24) is 14.5 Å². The van der Waals surface area contributed by atoms with Gasteiger partial charge in [0.15, 0.2) is 15.0 Å². The molecule has 1 aliphatic rings. The maximum Gasteiger partial charge on any atom is 0.233 e. The fourth-order valence-electron chi connectivity index (χ4n) is 3.64. The fraction of sp³-hybridized carbons (Fsp3) is 0.600. The molecule has 2 heterocycles. The Morgan fingerprint density at radius 2 is 2.11 bits per heavy atom. The van der Waals surface area contributed by atoms with Crippen LogP contribution in [-0.4, -0.2) is 58.6 Å². The molecule has 154 valence electrons. The molecule has 1 fully saturated rings. The smallest absolute Gasteiger partial charge is 0.233 e. The number of fused-ring (bicyclic) bond motifs is 1. The third kappa shape index (κ3) is 4.89. The first-order valence-electron chi connectivity index (χ1n) is 9.88. The number of hydrogen-bond acceptors (Lipinski definition) is 5. The first-order chi connectivity index (χ1) is 13.3. The number of para-hydroxylation sites is 2. The molecular weight excluding hydrogens is 394 g/mol. The maximum absolute atomic E-state index is 12.8. The Kier molecular flexibility index (Phi) is 6.70. The summed E-state index contributed by atoms with van der Waals surface area (Å²) in [6, 6.07) is 7.85. The number of aryl methyl sites for hydroxylation is 1. The average molecular weight is 424 g/mol. The van der Waals surface area contributed by atoms with Crippen LogP contribution in [0.15, 0.2) is 29.4 Å². The largest absolute Gasteiger partial charge is 0.338 e. The normalized spacial score (nSPS) is 18.8. The summed E-state index contributed by atoms with van der Waals surface area (Å²) in [5.74, 6) is 1.11. The molecule has 2 aromatic rings. The third-order valence-corrected chi connectivity index (χ3v) is 7.90. The van der Waals surface area contributed by atoms with E-state index in [1.54, 1.807) is 4.90 Å². The van der Waals surface area contributed by atoms with E-state index in [0.29, 0.717) is 18.9 Å². The predicted molar refractivity (Wildman–Crippen MR) is 114 cm³/mol. The van der Waals surface area contributed by atoms with E-state index in [1.165, 1.54) is 11.8 Å². The summed E-state index contributed by atoms with van der Waals surface area (Å²) in [6.07, 6.45) is 1.59. The quantitative estimate of drug-likeness (QED) is 0.610. The number of amides is 1. The van der Waals surface area contributed by atoms with Crippen molar-refractivity contribution in [3.05, 3.63) is 24.3 Å². The minimum Gasteiger partial charge on any atom is -0.338 e. The first-order valence-corrected chi connectivity index (χ1v) is 12.7. The predicted octanol–water partition coefficient (Wildman–Crippen LogP) is 3.21. The van der Waals surface area contributed by atoms with Gasteiger partial charge in [0.05, 0.1) is 28.3 Å². The molecular formula is C20H29N3O3S2. The van der Waals surface area contributed by atoms with Crippen molar-refractivity contribution in [3.63, 3.8) is 0 Å². The standard InChI is InChI=1S/C20H29N3O3S2/c1-4-22(16-10-12-28(25,26)14-16)19(24)13-27-20-21-17-7-5-6-8-18(17)23(20)11-9-15(2)3/h5-8,15-16H,4,9-14H2,1-3H3. The molecule has 1 aliphatic heterocycles. The summed E-state index contributed by atoms with van der Waals surface area (Å²) >= 11 is 1.45. The van der Waals surface area contributed by atoms with E-state index in [9.17, 15) is 13.2 Å². The Labute approximate surface area is 171 Å². The minimum absolute atomic E-state index is 0.0166. The molecule has 0 spiro atoms. The van der Waals surface area contributed by atoms with Crippen LogP contribution in [-0.2, 0) is 21.2 Å². The Morgan fingerprint density at radius 1 is 1.36 bits per heavy atom. The molecule has 0 aliphatic carbocycles. The number of thioether (sulfide) groups is 1. The molecule has 0 saturated carbocycles. The Bertz CT molecular complexity index is 937. The molecule has 1 atom stereocenters. The Hall–Kier alpha value is -1.54. The molecule has 0 bridgehead atoms. The molecule has 1 aromatic carbocycles. The second-order valence-electron chi connectivity index (χ2n) is 7.74. The zero-order valence-electron chi connectivity index (χ0n) is 16.8. The van der Waals surface area contributed by atoms with Crippen LogP contribution in [0.3, 0.4) is 0 Å². The molecule has 1 saturated heterocycles. The summed E-state index contributed by atoms with van der Waals surface area (Å²) in [4.78, 5) is 19.3. The summed E-state index contributed by atoms with van der Waals surface area (Å²) in [5, 5.41) is 0.852. The van der Waals surface area contributed by atoms with Gasteiger partial charge in [-0.3, -0.25) is 4.79 Å². The average Bonchev–Trinajstić information content (AvgIpc) is 3.18. The maximum atomic E-state index is 12.8. The minimum atomic E-state index is -3.01. The van der Waals surface area contributed by atoms with E-state index in [2.05, 4.69) is 24.5 Å². The fourth-order valence-corrected chi connectivity index (χ4v) is 6.29. The summed E-state index contributed by atoms with van der Waals surface area (Å²) in [7, 11) is -3.01. The highest BCUT2D eigenvalue weighted by atomic mass is 32.2. The van der Waals surface area contributed by atoms with E-state index in [-0.39, 0.29) is 29.2 Å². The number of carbonyl (C=O) groups excluding carboxylic acids is 1. The number of carbonyl (C=O) groups is 1. The van der Waals surface area contributed by atoms with Crippen LogP contribution in [0.4, 0.5) is 0 Å². The van der Waals surface area contributed by atoms with Gasteiger partial charge >= 0.3 is 0 Å². The van der Waals surface area contributed by atoms with Crippen molar-refractivity contribution in [2.24, 2.45) is 5.92 Å². The number of benzene rings is 1. The third-order valence-electron chi connectivity index (χ3n) is 5.18. The molecule has 0 radical (unpaired) electrons. The molecule has 28 heavy (non-hydrogen) atoms. The number of nitrogens with zero attached hydrogens (tertiary/aromatic N) is 3. The second kappa shape index (κ2) is 8.86. The molecule has 1 unspecified atom stereocenters. The van der Waals surface area contributed by atoms with E-state index in [0.717, 1.165) is 29.2 Å². The lowest BCUT2D eigenvalue weighted by Gasteiger charge is -2.26. The SMILES string of the molecule is CCN(C(=O)CSc1nc2ccccc2n1CCC(C)C)C1CCS(=O)(=O)C1. The van der Waals surface area contributed by atoms with Crippen LogP contribution >= 0.6 is 11.8 Å². The lowest BCUT2D eigenvalue weighted by molar-refractivity contribution is -0.129. The Balaban J connectivity index is 1.73. The van der Waals surface area contributed by atoms with E-state index in [4.69, 9.17) is 4.98 Å². The van der Waals surface area contributed by atoms with Gasteiger partial charge < -0.3 is 9.47 Å². The van der Waals surface area contributed by atoms with Gasteiger partial charge in [-0.05, 0) is 37.8 Å². The van der Waals surface area contributed by atoms with Crippen LogP contribution in [0.2, 0.25) is 0 Å². The van der Waals surface area contributed by atoms with Gasteiger partial charge in [0.25, 0.3) is 0 Å². The van der Waals surface area contributed by atoms with Crippen molar-refractivity contribution in [2.75, 3.05) is 23.8 Å². The van der Waals surface area contributed by atoms with Crippen molar-refractivity contribution in [1.29, 1.82) is 0 Å². The van der Waals surface area contributed by atoms with Gasteiger partial charge in [-0.1, -0.05) is 37.7 Å². The van der Waals surface area contributed by atoms with E-state index < -0.39 is 9.84 Å². The molecule has 1 aromatic heterocycles. The molecule has 6 nitrogen and oxygen atoms in total. The van der Waals surface area contributed by atoms with Gasteiger partial charge in [0.2, 0.25) is 5.91 Å². The van der Waals surface area contributed by atoms with Crippen LogP contribution in [0.25, 0.3) is 11.0 Å². The lowest BCUT2D eigenvalue weighted by Crippen LogP contribution is -2.42. The van der Waals surface area contributed by atoms with E-state index in [1.807, 2.05) is 25.1 Å². The number of rotatable bonds is 8. The van der Waals surface area contributed by atoms with Gasteiger partial charge in [0, 0.05) is 19.1 Å². The molecule has 1 amide bonds. The number of sulfone groups is 1. The van der Waals surface area contributed by atoms with Gasteiger partial charge in [-0.15, -0.1) is 0 Å². The first kappa shape index (κ1) is 21.2. The van der Waals surface area contributed by atoms with Crippen LogP contribution in [0.5, 0.6) is 0 Å². The highest BCUT2D eigenvalue weighted by Gasteiger charge is 2.33. The number of aromatic nitrogens is 2. The zero-order chi connectivity index (χ0) is 20.3. The Morgan fingerprint density at radius 3 is 2.75 bits per heavy atom. The number of hydrogen-bond donors (Lipinski definition) is 0. The van der Waals surface area contributed by atoms with Crippen LogP contribution in [0.1, 0.15) is 33.6 Å². The van der Waals surface area contributed by atoms with Crippen LogP contribution in [0, 0.1) is 5.92 Å². The van der Waals surface area contributed by atoms with Gasteiger partial charge in [-0.25, -0.2) is 13.4 Å². The van der Waals surface area contributed by atoms with Crippen molar-refractivity contribution in [2.45, 2.75) is 51.4 Å². The van der Waals surface area contributed by atoms with Crippen molar-refractivity contribution >= 4 is 38.5 Å². The molecule has 8 heteroatoms. The van der Waals surface area contributed by atoms with Crippen LogP contribution < -0.4 is 0 Å². The summed E-state index contributed by atoms with van der Waals surface area (Å²) < 4.78 is 25.8. The highest BCUT2D eigenvalue weighted by Crippen LogP contribution is 2.26. The lowest BCUT2D eigenvalue weighted by atomic mass is 10.1. The molecule has 3 rings (SSSR count). The second-order valence-corrected chi connectivity index (χ2v) is 10.9. The van der Waals surface area contributed by atoms with Crippen molar-refractivity contribution < 1.29 is 13.2 Å². The summed E-state index contributed by atoms with van der Waals surface area (Å²) in [5.41, 5.74) is 2.03. The van der Waals surface area contributed by atoms with Gasteiger partial charge in [-0.2, -0.15) is 0 Å². The molecule has 0 N–H and O–H groups in total. The highest BCUT2D eigenvalue weighted by molar-refractivity contribution is 7.99. The zero-order valence-corrected chi connectivity index (χ0v) is 18.4. The monoisotopic (exact) mass is 423 g/mol.